The highest BCUT2D eigenvalue weighted by Gasteiger charge is 2.05. The minimum absolute atomic E-state index is 0.484. The van der Waals surface area contributed by atoms with Gasteiger partial charge >= 0.3 is 0 Å². The molecule has 0 radical (unpaired) electrons. The molecule has 0 aliphatic heterocycles. The Morgan fingerprint density at radius 1 is 1.17 bits per heavy atom. The number of pyridine rings is 1. The molecule has 0 fully saturated rings. The molecule has 0 saturated heterocycles. The van der Waals surface area contributed by atoms with Gasteiger partial charge < -0.3 is 4.74 Å². The van der Waals surface area contributed by atoms with E-state index in [1.165, 1.54) is 19.3 Å². The Balaban J connectivity index is 2.07. The van der Waals surface area contributed by atoms with Crippen molar-refractivity contribution in [3.05, 3.63) is 35.5 Å². The highest BCUT2D eigenvalue weighted by molar-refractivity contribution is 6.30. The summed E-state index contributed by atoms with van der Waals surface area (Å²) in [7, 11) is 0. The number of ether oxygens (including phenoxy) is 1. The lowest BCUT2D eigenvalue weighted by Gasteiger charge is -2.09. The smallest absolute Gasteiger partial charge is 0.133 e. The van der Waals surface area contributed by atoms with E-state index in [1.807, 2.05) is 24.3 Å². The van der Waals surface area contributed by atoms with E-state index in [0.717, 1.165) is 29.7 Å². The SMILES string of the molecule is CCCCCCOc1cc(Cl)nc2ccccc12. The zero-order chi connectivity index (χ0) is 12.8. The molecule has 96 valence electrons. The van der Waals surface area contributed by atoms with Gasteiger partial charge in [0.2, 0.25) is 0 Å². The monoisotopic (exact) mass is 263 g/mol. The molecule has 0 aliphatic rings. The summed E-state index contributed by atoms with van der Waals surface area (Å²) in [5.74, 6) is 0.835. The molecule has 1 aromatic heterocycles. The lowest BCUT2D eigenvalue weighted by Crippen LogP contribution is -1.98. The Kier molecular flexibility index (Phi) is 4.82. The Hall–Kier alpha value is -1.28. The second-order valence-electron chi connectivity index (χ2n) is 4.37. The average Bonchev–Trinajstić information content (AvgIpc) is 2.38. The average molecular weight is 264 g/mol. The Morgan fingerprint density at radius 2 is 2.00 bits per heavy atom. The third kappa shape index (κ3) is 3.36. The third-order valence-electron chi connectivity index (χ3n) is 2.90. The number of nitrogens with zero attached hydrogens (tertiary/aromatic N) is 1. The van der Waals surface area contributed by atoms with E-state index < -0.39 is 0 Å². The van der Waals surface area contributed by atoms with Crippen molar-refractivity contribution in [2.24, 2.45) is 0 Å². The summed E-state index contributed by atoms with van der Waals surface area (Å²) in [6, 6.07) is 9.70. The zero-order valence-electron chi connectivity index (χ0n) is 10.7. The maximum absolute atomic E-state index is 6.00. The highest BCUT2D eigenvalue weighted by Crippen LogP contribution is 2.27. The van der Waals surface area contributed by atoms with E-state index in [-0.39, 0.29) is 0 Å². The number of para-hydroxylation sites is 1. The normalized spacial score (nSPS) is 10.8. The van der Waals surface area contributed by atoms with Crippen LogP contribution in [0.4, 0.5) is 0 Å². The second-order valence-corrected chi connectivity index (χ2v) is 4.76. The number of fused-ring (bicyclic) bond motifs is 1. The van der Waals surface area contributed by atoms with Crippen LogP contribution in [0, 0.1) is 0 Å². The molecule has 1 aromatic carbocycles. The lowest BCUT2D eigenvalue weighted by molar-refractivity contribution is 0.308. The van der Waals surface area contributed by atoms with Crippen LogP contribution in [-0.4, -0.2) is 11.6 Å². The van der Waals surface area contributed by atoms with Gasteiger partial charge in [-0.25, -0.2) is 4.98 Å². The number of hydrogen-bond donors (Lipinski definition) is 0. The van der Waals surface area contributed by atoms with Crippen LogP contribution in [0.1, 0.15) is 32.6 Å². The number of benzene rings is 1. The molecule has 0 spiro atoms. The quantitative estimate of drug-likeness (QED) is 0.549. The largest absolute Gasteiger partial charge is 0.493 e. The minimum Gasteiger partial charge on any atom is -0.493 e. The molecule has 0 unspecified atom stereocenters. The van der Waals surface area contributed by atoms with Crippen LogP contribution in [0.25, 0.3) is 10.9 Å². The van der Waals surface area contributed by atoms with Gasteiger partial charge in [0.15, 0.2) is 0 Å². The van der Waals surface area contributed by atoms with Crippen LogP contribution in [-0.2, 0) is 0 Å². The summed E-state index contributed by atoms with van der Waals surface area (Å²) in [6.07, 6.45) is 4.81. The standard InChI is InChI=1S/C15H18ClNO/c1-2-3-4-7-10-18-14-11-15(16)17-13-9-6-5-8-12(13)14/h5-6,8-9,11H,2-4,7,10H2,1H3. The zero-order valence-corrected chi connectivity index (χ0v) is 11.4. The van der Waals surface area contributed by atoms with Crippen LogP contribution in [0.5, 0.6) is 5.75 Å². The predicted octanol–water partition coefficient (Wildman–Crippen LogP) is 4.85. The molecule has 0 amide bonds. The van der Waals surface area contributed by atoms with Gasteiger partial charge in [-0.1, -0.05) is 49.9 Å². The first-order valence-corrected chi connectivity index (χ1v) is 6.87. The van der Waals surface area contributed by atoms with E-state index in [1.54, 1.807) is 6.07 Å². The summed E-state index contributed by atoms with van der Waals surface area (Å²) < 4.78 is 5.82. The maximum atomic E-state index is 6.00. The summed E-state index contributed by atoms with van der Waals surface area (Å²) in [6.45, 7) is 2.95. The minimum atomic E-state index is 0.484. The van der Waals surface area contributed by atoms with Crippen molar-refractivity contribution in [3.63, 3.8) is 0 Å². The number of hydrogen-bond acceptors (Lipinski definition) is 2. The van der Waals surface area contributed by atoms with Crippen LogP contribution in [0.3, 0.4) is 0 Å². The van der Waals surface area contributed by atoms with E-state index >= 15 is 0 Å². The maximum Gasteiger partial charge on any atom is 0.133 e. The van der Waals surface area contributed by atoms with E-state index in [0.29, 0.717) is 5.15 Å². The van der Waals surface area contributed by atoms with Gasteiger partial charge in [-0.2, -0.15) is 0 Å². The van der Waals surface area contributed by atoms with Crippen LogP contribution in [0.2, 0.25) is 5.15 Å². The topological polar surface area (TPSA) is 22.1 Å². The van der Waals surface area contributed by atoms with E-state index in [9.17, 15) is 0 Å². The molecule has 2 nitrogen and oxygen atoms in total. The lowest BCUT2D eigenvalue weighted by atomic mass is 10.2. The van der Waals surface area contributed by atoms with Crippen molar-refractivity contribution < 1.29 is 4.74 Å². The van der Waals surface area contributed by atoms with Gasteiger partial charge in [-0.3, -0.25) is 0 Å². The number of rotatable bonds is 6. The van der Waals surface area contributed by atoms with Gasteiger partial charge in [0.1, 0.15) is 10.9 Å². The molecular formula is C15H18ClNO. The Labute approximate surface area is 113 Å². The summed E-state index contributed by atoms with van der Waals surface area (Å²) >= 11 is 6.00. The van der Waals surface area contributed by atoms with Crippen molar-refractivity contribution in [2.45, 2.75) is 32.6 Å². The van der Waals surface area contributed by atoms with Crippen LogP contribution in [0.15, 0.2) is 30.3 Å². The number of unbranched alkanes of at least 4 members (excludes halogenated alkanes) is 3. The fourth-order valence-electron chi connectivity index (χ4n) is 1.94. The third-order valence-corrected chi connectivity index (χ3v) is 3.10. The molecule has 0 atom stereocenters. The van der Waals surface area contributed by atoms with Gasteiger partial charge in [0, 0.05) is 11.5 Å². The van der Waals surface area contributed by atoms with E-state index in [2.05, 4.69) is 11.9 Å². The summed E-state index contributed by atoms with van der Waals surface area (Å²) in [5, 5.41) is 1.51. The number of halogens is 1. The van der Waals surface area contributed by atoms with Crippen LogP contribution < -0.4 is 4.74 Å². The Morgan fingerprint density at radius 3 is 2.83 bits per heavy atom. The van der Waals surface area contributed by atoms with Gasteiger partial charge in [-0.05, 0) is 18.6 Å². The molecule has 3 heteroatoms. The molecule has 1 heterocycles. The van der Waals surface area contributed by atoms with Gasteiger partial charge in [0.05, 0.1) is 12.1 Å². The summed E-state index contributed by atoms with van der Waals surface area (Å²) in [4.78, 5) is 4.28. The summed E-state index contributed by atoms with van der Waals surface area (Å²) in [5.41, 5.74) is 0.883. The molecule has 2 rings (SSSR count). The fraction of sp³-hybridized carbons (Fsp3) is 0.400. The highest BCUT2D eigenvalue weighted by atomic mass is 35.5. The van der Waals surface area contributed by atoms with Crippen LogP contribution >= 0.6 is 11.6 Å². The van der Waals surface area contributed by atoms with Crippen molar-refractivity contribution in [1.82, 2.24) is 4.98 Å². The predicted molar refractivity (Wildman–Crippen MR) is 76.4 cm³/mol. The van der Waals surface area contributed by atoms with Crippen molar-refractivity contribution in [2.75, 3.05) is 6.61 Å². The molecule has 18 heavy (non-hydrogen) atoms. The second kappa shape index (κ2) is 6.60. The first-order valence-electron chi connectivity index (χ1n) is 6.49. The molecule has 0 aliphatic carbocycles. The van der Waals surface area contributed by atoms with Crippen molar-refractivity contribution in [3.8, 4) is 5.75 Å². The number of aromatic nitrogens is 1. The van der Waals surface area contributed by atoms with Gasteiger partial charge in [-0.15, -0.1) is 0 Å². The van der Waals surface area contributed by atoms with Gasteiger partial charge in [0.25, 0.3) is 0 Å². The Bertz CT molecular complexity index is 513. The molecule has 0 saturated carbocycles. The first-order chi connectivity index (χ1) is 8.81. The molecular weight excluding hydrogens is 246 g/mol. The fourth-order valence-corrected chi connectivity index (χ4v) is 2.13. The van der Waals surface area contributed by atoms with Crippen molar-refractivity contribution in [1.29, 1.82) is 0 Å². The molecule has 0 bridgehead atoms. The molecule has 2 aromatic rings. The molecule has 0 N–H and O–H groups in total. The van der Waals surface area contributed by atoms with Crippen molar-refractivity contribution >= 4 is 22.5 Å². The first kappa shape index (κ1) is 13.2. The van der Waals surface area contributed by atoms with E-state index in [4.69, 9.17) is 16.3 Å².